The standard InChI is InChI=1S/C27H35N3O2/c1-3-29(22-14-9-11-20(2)19-22)17-10-18-30-25(23-15-7-8-16-24(23)27(30)32)26(31)28-21-12-5-4-6-13-21/h7-9,11,14-16,19,21,25H,3-6,10,12-13,17-18H2,1-2H3,(H,28,31). The molecule has 0 aromatic heterocycles. The summed E-state index contributed by atoms with van der Waals surface area (Å²) in [6, 6.07) is 15.8. The van der Waals surface area contributed by atoms with Crippen molar-refractivity contribution in [3.8, 4) is 0 Å². The third-order valence-electron chi connectivity index (χ3n) is 6.83. The van der Waals surface area contributed by atoms with E-state index in [1.54, 1.807) is 4.90 Å². The second-order valence-electron chi connectivity index (χ2n) is 9.10. The van der Waals surface area contributed by atoms with Crippen LogP contribution in [0.2, 0.25) is 0 Å². The van der Waals surface area contributed by atoms with Gasteiger partial charge in [0.25, 0.3) is 5.91 Å². The second-order valence-corrected chi connectivity index (χ2v) is 9.10. The predicted molar refractivity (Wildman–Crippen MR) is 129 cm³/mol. The van der Waals surface area contributed by atoms with Crippen molar-refractivity contribution >= 4 is 17.5 Å². The monoisotopic (exact) mass is 433 g/mol. The van der Waals surface area contributed by atoms with E-state index in [2.05, 4.69) is 48.3 Å². The first-order valence-electron chi connectivity index (χ1n) is 12.1. The van der Waals surface area contributed by atoms with Crippen molar-refractivity contribution < 1.29 is 9.59 Å². The molecule has 5 nitrogen and oxygen atoms in total. The molecular formula is C27H35N3O2. The van der Waals surface area contributed by atoms with Crippen LogP contribution in [0.5, 0.6) is 0 Å². The van der Waals surface area contributed by atoms with Gasteiger partial charge in [0.1, 0.15) is 6.04 Å². The molecule has 5 heteroatoms. The summed E-state index contributed by atoms with van der Waals surface area (Å²) >= 11 is 0. The molecule has 0 radical (unpaired) electrons. The number of anilines is 1. The molecule has 1 N–H and O–H groups in total. The summed E-state index contributed by atoms with van der Waals surface area (Å²) in [6.45, 7) is 6.57. The number of nitrogens with zero attached hydrogens (tertiary/aromatic N) is 2. The van der Waals surface area contributed by atoms with Crippen LogP contribution in [-0.4, -0.2) is 42.4 Å². The molecule has 2 aromatic rings. The minimum Gasteiger partial charge on any atom is -0.372 e. The number of hydrogen-bond donors (Lipinski definition) is 1. The lowest BCUT2D eigenvalue weighted by atomic mass is 9.95. The molecule has 1 aliphatic heterocycles. The molecule has 1 heterocycles. The summed E-state index contributed by atoms with van der Waals surface area (Å²) < 4.78 is 0. The van der Waals surface area contributed by atoms with Gasteiger partial charge in [-0.05, 0) is 62.4 Å². The first kappa shape index (κ1) is 22.4. The van der Waals surface area contributed by atoms with E-state index in [9.17, 15) is 9.59 Å². The van der Waals surface area contributed by atoms with Crippen LogP contribution < -0.4 is 10.2 Å². The molecule has 2 aliphatic rings. The van der Waals surface area contributed by atoms with Gasteiger partial charge in [0.05, 0.1) is 0 Å². The minimum atomic E-state index is -0.519. The van der Waals surface area contributed by atoms with Gasteiger partial charge in [-0.15, -0.1) is 0 Å². The maximum atomic E-state index is 13.3. The lowest BCUT2D eigenvalue weighted by Gasteiger charge is -2.30. The maximum absolute atomic E-state index is 13.3. The zero-order valence-corrected chi connectivity index (χ0v) is 19.3. The van der Waals surface area contributed by atoms with Crippen molar-refractivity contribution in [3.63, 3.8) is 0 Å². The highest BCUT2D eigenvalue weighted by Crippen LogP contribution is 2.34. The van der Waals surface area contributed by atoms with Gasteiger partial charge >= 0.3 is 0 Å². The molecule has 0 spiro atoms. The molecule has 0 bridgehead atoms. The van der Waals surface area contributed by atoms with Crippen molar-refractivity contribution in [2.75, 3.05) is 24.5 Å². The number of carbonyl (C=O) groups excluding carboxylic acids is 2. The fourth-order valence-corrected chi connectivity index (χ4v) is 5.14. The van der Waals surface area contributed by atoms with Gasteiger partial charge in [-0.3, -0.25) is 9.59 Å². The maximum Gasteiger partial charge on any atom is 0.255 e. The summed E-state index contributed by atoms with van der Waals surface area (Å²) in [7, 11) is 0. The number of carbonyl (C=O) groups is 2. The van der Waals surface area contributed by atoms with E-state index in [1.165, 1.54) is 30.5 Å². The number of amides is 2. The normalized spacial score (nSPS) is 18.5. The Morgan fingerprint density at radius 2 is 1.88 bits per heavy atom. The molecule has 1 saturated carbocycles. The van der Waals surface area contributed by atoms with Crippen molar-refractivity contribution in [1.29, 1.82) is 0 Å². The number of aryl methyl sites for hydroxylation is 1. The minimum absolute atomic E-state index is 0.0250. The van der Waals surface area contributed by atoms with Gasteiger partial charge in [0, 0.05) is 36.9 Å². The third-order valence-corrected chi connectivity index (χ3v) is 6.83. The van der Waals surface area contributed by atoms with Gasteiger partial charge in [-0.1, -0.05) is 49.6 Å². The topological polar surface area (TPSA) is 52.7 Å². The molecule has 4 rings (SSSR count). The van der Waals surface area contributed by atoms with Crippen LogP contribution in [0.25, 0.3) is 0 Å². The van der Waals surface area contributed by atoms with E-state index in [0.29, 0.717) is 12.1 Å². The zero-order valence-electron chi connectivity index (χ0n) is 19.3. The lowest BCUT2D eigenvalue weighted by Crippen LogP contribution is -2.44. The van der Waals surface area contributed by atoms with Crippen molar-refractivity contribution in [2.45, 2.75) is 64.5 Å². The summed E-state index contributed by atoms with van der Waals surface area (Å²) in [5, 5.41) is 3.25. The fraction of sp³-hybridized carbons (Fsp3) is 0.481. The molecule has 0 saturated heterocycles. The van der Waals surface area contributed by atoms with Gasteiger partial charge in [-0.2, -0.15) is 0 Å². The Balaban J connectivity index is 1.45. The zero-order chi connectivity index (χ0) is 22.5. The summed E-state index contributed by atoms with van der Waals surface area (Å²) in [5.41, 5.74) is 3.96. The number of rotatable bonds is 8. The molecule has 1 fully saturated rings. The van der Waals surface area contributed by atoms with Gasteiger partial charge in [-0.25, -0.2) is 0 Å². The van der Waals surface area contributed by atoms with Crippen LogP contribution in [-0.2, 0) is 4.79 Å². The van der Waals surface area contributed by atoms with E-state index >= 15 is 0 Å². The Labute approximate surface area is 191 Å². The average Bonchev–Trinajstić information content (AvgIpc) is 3.09. The van der Waals surface area contributed by atoms with Gasteiger partial charge < -0.3 is 15.1 Å². The first-order valence-corrected chi connectivity index (χ1v) is 12.1. The predicted octanol–water partition coefficient (Wildman–Crippen LogP) is 4.86. The van der Waals surface area contributed by atoms with Crippen LogP contribution in [0.3, 0.4) is 0 Å². The third kappa shape index (κ3) is 4.82. The molecule has 1 atom stereocenters. The Bertz CT molecular complexity index is 951. The molecular weight excluding hydrogens is 398 g/mol. The summed E-state index contributed by atoms with van der Waals surface area (Å²) in [5.74, 6) is -0.0516. The first-order chi connectivity index (χ1) is 15.6. The van der Waals surface area contributed by atoms with Crippen LogP contribution in [0.4, 0.5) is 5.69 Å². The van der Waals surface area contributed by atoms with Crippen LogP contribution in [0.15, 0.2) is 48.5 Å². The number of fused-ring (bicyclic) bond motifs is 1. The van der Waals surface area contributed by atoms with Crippen molar-refractivity contribution in [2.24, 2.45) is 0 Å². The second kappa shape index (κ2) is 10.2. The average molecular weight is 434 g/mol. The smallest absolute Gasteiger partial charge is 0.255 e. The number of hydrogen-bond acceptors (Lipinski definition) is 3. The van der Waals surface area contributed by atoms with E-state index in [4.69, 9.17) is 0 Å². The largest absolute Gasteiger partial charge is 0.372 e. The van der Waals surface area contributed by atoms with E-state index in [-0.39, 0.29) is 17.9 Å². The van der Waals surface area contributed by atoms with Crippen LogP contribution in [0.1, 0.15) is 73.0 Å². The molecule has 1 unspecified atom stereocenters. The van der Waals surface area contributed by atoms with E-state index < -0.39 is 6.04 Å². The Morgan fingerprint density at radius 1 is 1.09 bits per heavy atom. The van der Waals surface area contributed by atoms with Crippen molar-refractivity contribution in [1.82, 2.24) is 10.2 Å². The molecule has 2 amide bonds. The van der Waals surface area contributed by atoms with Gasteiger partial charge in [0.15, 0.2) is 0 Å². The summed E-state index contributed by atoms with van der Waals surface area (Å²) in [6.07, 6.45) is 6.47. The molecule has 1 aliphatic carbocycles. The van der Waals surface area contributed by atoms with Gasteiger partial charge in [0.2, 0.25) is 5.91 Å². The van der Waals surface area contributed by atoms with Crippen molar-refractivity contribution in [3.05, 3.63) is 65.2 Å². The quantitative estimate of drug-likeness (QED) is 0.647. The number of benzene rings is 2. The lowest BCUT2D eigenvalue weighted by molar-refractivity contribution is -0.126. The Hall–Kier alpha value is -2.82. The molecule has 2 aromatic carbocycles. The highest BCUT2D eigenvalue weighted by Gasteiger charge is 2.41. The van der Waals surface area contributed by atoms with Crippen LogP contribution in [0, 0.1) is 6.92 Å². The summed E-state index contributed by atoms with van der Waals surface area (Å²) in [4.78, 5) is 30.6. The fourth-order valence-electron chi connectivity index (χ4n) is 5.14. The highest BCUT2D eigenvalue weighted by molar-refractivity contribution is 6.04. The molecule has 170 valence electrons. The number of nitrogens with one attached hydrogen (secondary N) is 1. The SMILES string of the molecule is CCN(CCCN1C(=O)c2ccccc2C1C(=O)NC1CCCCC1)c1cccc(C)c1. The Kier molecular flexibility index (Phi) is 7.13. The highest BCUT2D eigenvalue weighted by atomic mass is 16.2. The van der Waals surface area contributed by atoms with E-state index in [0.717, 1.165) is 37.9 Å². The molecule has 32 heavy (non-hydrogen) atoms. The van der Waals surface area contributed by atoms with Crippen LogP contribution >= 0.6 is 0 Å². The van der Waals surface area contributed by atoms with E-state index in [1.807, 2.05) is 24.3 Å². The Morgan fingerprint density at radius 3 is 2.62 bits per heavy atom.